The number of hydrogen-bond donors (Lipinski definition) is 4. The van der Waals surface area contributed by atoms with Crippen LogP contribution in [0.1, 0.15) is 90.5 Å². The van der Waals surface area contributed by atoms with Crippen LogP contribution in [0.5, 0.6) is 5.75 Å². The molecule has 0 aliphatic carbocycles. The monoisotopic (exact) mass is 932 g/mol. The SMILES string of the molecule is CCn1c(-c2cccnc2C(C)C)c2c3cc(ccc31)-c1cc(O)cc(c1)C[C@H](NC(=O)[C@H](C(C)C)N(C)C(=O)N1CCCN(C(=O)[C@@H]3CN3)CC1)C(=O)N1CCC[C@H](N1)C(=O)OCC(C)(C)C2. The van der Waals surface area contributed by atoms with Gasteiger partial charge in [0, 0.05) is 87.4 Å². The highest BCUT2D eigenvalue weighted by Gasteiger charge is 2.40. The maximum atomic E-state index is 14.8. The highest BCUT2D eigenvalue weighted by molar-refractivity contribution is 5.96. The lowest BCUT2D eigenvalue weighted by atomic mass is 9.83. The number of ether oxygens (including phenoxy) is 1. The fourth-order valence-electron chi connectivity index (χ4n) is 10.4. The van der Waals surface area contributed by atoms with Crippen molar-refractivity contribution < 1.29 is 33.8 Å². The van der Waals surface area contributed by atoms with Crippen molar-refractivity contribution >= 4 is 40.6 Å². The zero-order valence-corrected chi connectivity index (χ0v) is 40.9. The van der Waals surface area contributed by atoms with Crippen LogP contribution in [0.25, 0.3) is 33.3 Å². The highest BCUT2D eigenvalue weighted by Crippen LogP contribution is 2.42. The maximum absolute atomic E-state index is 14.8. The van der Waals surface area contributed by atoms with E-state index in [1.54, 1.807) is 29.0 Å². The number of likely N-dealkylation sites (N-methyl/N-ethyl adjacent to an activating group) is 1. The van der Waals surface area contributed by atoms with E-state index < -0.39 is 41.3 Å². The Bertz CT molecular complexity index is 2570. The van der Waals surface area contributed by atoms with Crippen LogP contribution >= 0.6 is 0 Å². The molecule has 5 amide bonds. The zero-order valence-electron chi connectivity index (χ0n) is 40.9. The van der Waals surface area contributed by atoms with Crippen molar-refractivity contribution in [1.82, 2.24) is 45.3 Å². The molecule has 2 aromatic heterocycles. The first-order valence-corrected chi connectivity index (χ1v) is 24.5. The lowest BCUT2D eigenvalue weighted by molar-refractivity contribution is -0.155. The molecule has 6 heterocycles. The summed E-state index contributed by atoms with van der Waals surface area (Å²) in [7, 11) is 1.60. The average Bonchev–Trinajstić information content (AvgIpc) is 4.16. The smallest absolute Gasteiger partial charge is 0.324 e. The maximum Gasteiger partial charge on any atom is 0.324 e. The largest absolute Gasteiger partial charge is 0.508 e. The summed E-state index contributed by atoms with van der Waals surface area (Å²) < 4.78 is 8.46. The summed E-state index contributed by atoms with van der Waals surface area (Å²) in [4.78, 5) is 80.1. The number of phenolic OH excluding ortho intramolecular Hbond substituents is 1. The lowest BCUT2D eigenvalue weighted by Gasteiger charge is -2.37. The topological polar surface area (TPSA) is 192 Å². The van der Waals surface area contributed by atoms with Crippen molar-refractivity contribution in [2.45, 2.75) is 117 Å². The number of hydrazine groups is 1. The fraction of sp³-hybridized carbons (Fsp3) is 0.538. The van der Waals surface area contributed by atoms with Gasteiger partial charge in [-0.15, -0.1) is 0 Å². The number of urea groups is 1. The van der Waals surface area contributed by atoms with Gasteiger partial charge in [0.2, 0.25) is 11.8 Å². The van der Waals surface area contributed by atoms with Crippen molar-refractivity contribution in [3.63, 3.8) is 0 Å². The Hall–Kier alpha value is -6.00. The van der Waals surface area contributed by atoms with E-state index in [1.165, 1.54) is 9.91 Å². The third-order valence-corrected chi connectivity index (χ3v) is 13.9. The minimum absolute atomic E-state index is 0.00458. The molecule has 0 unspecified atom stereocenters. The normalized spacial score (nSPS) is 21.6. The molecule has 0 radical (unpaired) electrons. The van der Waals surface area contributed by atoms with E-state index in [0.29, 0.717) is 70.5 Å². The van der Waals surface area contributed by atoms with Gasteiger partial charge < -0.3 is 39.7 Å². The number of carbonyl (C=O) groups is 5. The Kier molecular flexibility index (Phi) is 14.2. The minimum Gasteiger partial charge on any atom is -0.508 e. The Morgan fingerprint density at radius 2 is 1.72 bits per heavy atom. The van der Waals surface area contributed by atoms with Gasteiger partial charge in [-0.05, 0) is 103 Å². The van der Waals surface area contributed by atoms with Gasteiger partial charge in [-0.2, -0.15) is 0 Å². The molecule has 0 saturated carbocycles. The fourth-order valence-corrected chi connectivity index (χ4v) is 10.4. The summed E-state index contributed by atoms with van der Waals surface area (Å²) in [5, 5.41) is 19.9. The molecule has 3 saturated heterocycles. The Balaban J connectivity index is 1.16. The van der Waals surface area contributed by atoms with E-state index in [9.17, 15) is 29.1 Å². The number of pyridine rings is 1. The molecule has 4 atom stereocenters. The van der Waals surface area contributed by atoms with Crippen LogP contribution in [0, 0.1) is 11.3 Å². The number of nitrogens with zero attached hydrogens (tertiary/aromatic N) is 6. The van der Waals surface area contributed by atoms with Crippen molar-refractivity contribution in [2.24, 2.45) is 11.3 Å². The molecule has 16 heteroatoms. The predicted molar refractivity (Wildman–Crippen MR) is 260 cm³/mol. The first kappa shape index (κ1) is 48.5. The molecule has 16 nitrogen and oxygen atoms in total. The van der Waals surface area contributed by atoms with Gasteiger partial charge in [0.05, 0.1) is 24.0 Å². The molecular weight excluding hydrogens is 863 g/mol. The summed E-state index contributed by atoms with van der Waals surface area (Å²) >= 11 is 0. The first-order chi connectivity index (χ1) is 32.4. The van der Waals surface area contributed by atoms with Gasteiger partial charge in [0.1, 0.15) is 23.9 Å². The third kappa shape index (κ3) is 10.2. The molecule has 8 rings (SSSR count). The number of esters is 1. The van der Waals surface area contributed by atoms with E-state index in [4.69, 9.17) is 9.72 Å². The van der Waals surface area contributed by atoms with E-state index >= 15 is 0 Å². The number of nitrogens with one attached hydrogen (secondary N) is 3. The quantitative estimate of drug-likeness (QED) is 0.131. The number of aryl methyl sites for hydroxylation is 1. The summed E-state index contributed by atoms with van der Waals surface area (Å²) in [6, 6.07) is 12.3. The summed E-state index contributed by atoms with van der Waals surface area (Å²) in [5.41, 5.74) is 10.1. The van der Waals surface area contributed by atoms with Crippen molar-refractivity contribution in [3.8, 4) is 28.1 Å². The van der Waals surface area contributed by atoms with Crippen molar-refractivity contribution in [2.75, 3.05) is 52.9 Å². The Morgan fingerprint density at radius 3 is 2.44 bits per heavy atom. The number of cyclic esters (lactones) is 1. The number of rotatable bonds is 8. The van der Waals surface area contributed by atoms with E-state index in [1.807, 2.05) is 38.2 Å². The van der Waals surface area contributed by atoms with Crippen LogP contribution in [-0.2, 0) is 43.3 Å². The molecule has 4 aromatic rings. The molecular formula is C52H69N9O7. The van der Waals surface area contributed by atoms with Crippen LogP contribution in [-0.4, -0.2) is 141 Å². The molecule has 3 fully saturated rings. The van der Waals surface area contributed by atoms with Gasteiger partial charge in [-0.3, -0.25) is 29.2 Å². The molecule has 4 aliphatic heterocycles. The zero-order chi connectivity index (χ0) is 48.6. The van der Waals surface area contributed by atoms with Gasteiger partial charge in [-0.25, -0.2) is 10.2 Å². The van der Waals surface area contributed by atoms with Crippen LogP contribution in [0.2, 0.25) is 0 Å². The number of carbonyl (C=O) groups excluding carboxylic acids is 5. The van der Waals surface area contributed by atoms with E-state index in [2.05, 4.69) is 73.4 Å². The lowest BCUT2D eigenvalue weighted by Crippen LogP contribution is -2.62. The number of benzene rings is 2. The summed E-state index contributed by atoms with van der Waals surface area (Å²) in [5.74, 6) is -1.57. The number of aromatic nitrogens is 2. The molecule has 364 valence electrons. The molecule has 2 aromatic carbocycles. The van der Waals surface area contributed by atoms with Gasteiger partial charge >= 0.3 is 12.0 Å². The number of hydrogen-bond acceptors (Lipinski definition) is 10. The molecule has 4 N–H and O–H groups in total. The minimum atomic E-state index is -1.15. The Morgan fingerprint density at radius 1 is 0.971 bits per heavy atom. The van der Waals surface area contributed by atoms with Gasteiger partial charge in [0.15, 0.2) is 0 Å². The predicted octanol–water partition coefficient (Wildman–Crippen LogP) is 5.45. The molecule has 6 bridgehead atoms. The van der Waals surface area contributed by atoms with Crippen LogP contribution in [0.4, 0.5) is 4.79 Å². The first-order valence-electron chi connectivity index (χ1n) is 24.5. The van der Waals surface area contributed by atoms with Crippen molar-refractivity contribution in [1.29, 1.82) is 0 Å². The van der Waals surface area contributed by atoms with Gasteiger partial charge in [0.25, 0.3) is 5.91 Å². The average molecular weight is 932 g/mol. The molecule has 0 spiro atoms. The highest BCUT2D eigenvalue weighted by atomic mass is 16.5. The van der Waals surface area contributed by atoms with Gasteiger partial charge in [-0.1, -0.05) is 53.7 Å². The second-order valence-electron chi connectivity index (χ2n) is 20.5. The van der Waals surface area contributed by atoms with E-state index in [-0.39, 0.29) is 55.1 Å². The standard InChI is InChI=1S/C52H69N9O7/c1-9-60-43-16-15-34-27-38(43)39(46(60)37-13-10-17-53-44(37)31(2)3)28-52(6,7)30-68-50(66)40-14-11-20-61(56-40)49(65)41(25-33-23-35(34)26-36(62)24-33)55-47(63)45(32(4)5)57(8)51(67)59-19-12-18-58(21-22-59)48(64)42-29-54-42/h10,13,15-17,23-24,26-27,31-32,40-42,45,54,56,62H,9,11-12,14,18-22,25,28-30H2,1-8H3,(H,55,63)/t40-,41-,42-,45-/m0/s1. The van der Waals surface area contributed by atoms with Crippen molar-refractivity contribution in [3.05, 3.63) is 71.5 Å². The second kappa shape index (κ2) is 19.9. The number of fused-ring (bicyclic) bond motifs is 6. The summed E-state index contributed by atoms with van der Waals surface area (Å²) in [6.07, 6.45) is 4.01. The third-order valence-electron chi connectivity index (χ3n) is 13.9. The second-order valence-corrected chi connectivity index (χ2v) is 20.5. The number of amides is 5. The molecule has 68 heavy (non-hydrogen) atoms. The number of aromatic hydroxyl groups is 1. The summed E-state index contributed by atoms with van der Waals surface area (Å²) in [6.45, 7) is 17.8. The van der Waals surface area contributed by atoms with Crippen LogP contribution in [0.15, 0.2) is 54.7 Å². The van der Waals surface area contributed by atoms with Crippen LogP contribution < -0.4 is 16.1 Å². The number of phenols is 1. The molecule has 4 aliphatic rings. The van der Waals surface area contributed by atoms with E-state index in [0.717, 1.165) is 44.5 Å². The Labute approximate surface area is 399 Å². The van der Waals surface area contributed by atoms with Crippen LogP contribution in [0.3, 0.4) is 0 Å².